The first-order valence-corrected chi connectivity index (χ1v) is 12.4. The van der Waals surface area contributed by atoms with Crippen LogP contribution in [0.25, 0.3) is 0 Å². The van der Waals surface area contributed by atoms with Crippen LogP contribution >= 0.6 is 0 Å². The molecule has 0 aliphatic rings. The molecule has 36 heavy (non-hydrogen) atoms. The molecule has 0 fully saturated rings. The minimum absolute atomic E-state index is 0.103. The quantitative estimate of drug-likeness (QED) is 0.447. The Hall–Kier alpha value is -3.10. The number of nitrogens with two attached hydrogens (primary N) is 1. The second kappa shape index (κ2) is 12.7. The van der Waals surface area contributed by atoms with Gasteiger partial charge >= 0.3 is 6.09 Å². The molecule has 1 aromatic rings. The van der Waals surface area contributed by atoms with Crippen molar-refractivity contribution in [2.75, 3.05) is 0 Å². The van der Waals surface area contributed by atoms with E-state index in [1.54, 1.807) is 53.7 Å². The minimum Gasteiger partial charge on any atom is -0.444 e. The van der Waals surface area contributed by atoms with E-state index in [4.69, 9.17) is 10.5 Å². The van der Waals surface area contributed by atoms with Crippen LogP contribution in [-0.4, -0.2) is 51.9 Å². The molecule has 4 amide bonds. The summed E-state index contributed by atoms with van der Waals surface area (Å²) in [5.41, 5.74) is 5.37. The second-order valence-corrected chi connectivity index (χ2v) is 11.3. The maximum absolute atomic E-state index is 14.0. The van der Waals surface area contributed by atoms with Gasteiger partial charge in [0.2, 0.25) is 17.7 Å². The lowest BCUT2D eigenvalue weighted by atomic mass is 9.94. The van der Waals surface area contributed by atoms with E-state index < -0.39 is 47.6 Å². The fourth-order valence-corrected chi connectivity index (χ4v) is 3.86. The number of nitrogens with zero attached hydrogens (tertiary/aromatic N) is 1. The summed E-state index contributed by atoms with van der Waals surface area (Å²) in [5, 5.41) is 5.50. The normalized spacial score (nSPS) is 14.2. The molecule has 4 N–H and O–H groups in total. The number of nitrogens with one attached hydrogen (secondary N) is 2. The van der Waals surface area contributed by atoms with Gasteiger partial charge in [-0.15, -0.1) is 0 Å². The Kier molecular flexibility index (Phi) is 10.9. The number of amides is 4. The molecular formula is C27H44N4O5. The van der Waals surface area contributed by atoms with Crippen LogP contribution in [-0.2, 0) is 19.1 Å². The molecule has 9 nitrogen and oxygen atoms in total. The highest BCUT2D eigenvalue weighted by Crippen LogP contribution is 2.31. The maximum Gasteiger partial charge on any atom is 0.408 e. The summed E-state index contributed by atoms with van der Waals surface area (Å²) < 4.78 is 5.30. The van der Waals surface area contributed by atoms with E-state index >= 15 is 0 Å². The average molecular weight is 505 g/mol. The SMILES string of the molecule is CCCC(C)NC(=O)C(c1ccc(C)cc1)N(C(=O)C(CC(N)=O)NC(=O)OC(C)(C)C)C(C)(C)C. The van der Waals surface area contributed by atoms with Crippen molar-refractivity contribution in [1.82, 2.24) is 15.5 Å². The smallest absolute Gasteiger partial charge is 0.408 e. The zero-order chi connectivity index (χ0) is 27.8. The molecule has 0 heterocycles. The highest BCUT2D eigenvalue weighted by atomic mass is 16.6. The van der Waals surface area contributed by atoms with E-state index in [2.05, 4.69) is 10.6 Å². The molecule has 202 valence electrons. The number of hydrogen-bond donors (Lipinski definition) is 3. The Morgan fingerprint density at radius 1 is 1.00 bits per heavy atom. The fraction of sp³-hybridized carbons (Fsp3) is 0.630. The summed E-state index contributed by atoms with van der Waals surface area (Å²) in [6, 6.07) is 4.93. The summed E-state index contributed by atoms with van der Waals surface area (Å²) >= 11 is 0. The third-order valence-corrected chi connectivity index (χ3v) is 5.36. The van der Waals surface area contributed by atoms with Crippen LogP contribution < -0.4 is 16.4 Å². The lowest BCUT2D eigenvalue weighted by Gasteiger charge is -2.43. The molecule has 3 unspecified atom stereocenters. The topological polar surface area (TPSA) is 131 Å². The number of primary amides is 1. The summed E-state index contributed by atoms with van der Waals surface area (Å²) in [7, 11) is 0. The molecule has 0 aliphatic carbocycles. The fourth-order valence-electron chi connectivity index (χ4n) is 3.86. The van der Waals surface area contributed by atoms with Crippen molar-refractivity contribution in [3.63, 3.8) is 0 Å². The van der Waals surface area contributed by atoms with Gasteiger partial charge in [0, 0.05) is 11.6 Å². The van der Waals surface area contributed by atoms with E-state index in [9.17, 15) is 19.2 Å². The van der Waals surface area contributed by atoms with Crippen LogP contribution in [0.4, 0.5) is 4.79 Å². The standard InChI is InChI=1S/C27H44N4O5/c1-10-11-18(3)29-23(33)22(19-14-12-17(2)13-15-19)31(26(4,5)6)24(34)20(16-21(28)32)30-25(35)36-27(7,8)9/h12-15,18,20,22H,10-11,16H2,1-9H3,(H2,28,32)(H,29,33)(H,30,35). The van der Waals surface area contributed by atoms with Crippen molar-refractivity contribution >= 4 is 23.8 Å². The maximum atomic E-state index is 14.0. The molecule has 0 radical (unpaired) electrons. The average Bonchev–Trinajstić information content (AvgIpc) is 2.69. The number of carbonyl (C=O) groups excluding carboxylic acids is 4. The van der Waals surface area contributed by atoms with Gasteiger partial charge in [-0.1, -0.05) is 43.2 Å². The molecule has 0 bridgehead atoms. The number of ether oxygens (including phenoxy) is 1. The van der Waals surface area contributed by atoms with Gasteiger partial charge in [0.05, 0.1) is 6.42 Å². The van der Waals surface area contributed by atoms with Crippen LogP contribution in [0.15, 0.2) is 24.3 Å². The molecule has 0 saturated heterocycles. The van der Waals surface area contributed by atoms with Gasteiger partial charge in [-0.05, 0) is 67.4 Å². The van der Waals surface area contributed by atoms with Crippen molar-refractivity contribution in [3.05, 3.63) is 35.4 Å². The second-order valence-electron chi connectivity index (χ2n) is 11.3. The molecule has 9 heteroatoms. The Bertz CT molecular complexity index is 916. The van der Waals surface area contributed by atoms with E-state index in [1.165, 1.54) is 4.90 Å². The predicted octanol–water partition coefficient (Wildman–Crippen LogP) is 3.74. The van der Waals surface area contributed by atoms with Crippen LogP contribution in [0.2, 0.25) is 0 Å². The molecule has 0 aromatic heterocycles. The van der Waals surface area contributed by atoms with Gasteiger partial charge in [-0.2, -0.15) is 0 Å². The van der Waals surface area contributed by atoms with Gasteiger partial charge in [-0.3, -0.25) is 14.4 Å². The predicted molar refractivity (Wildman–Crippen MR) is 140 cm³/mol. The third kappa shape index (κ3) is 9.87. The monoisotopic (exact) mass is 504 g/mol. The summed E-state index contributed by atoms with van der Waals surface area (Å²) in [6.07, 6.45) is 0.363. The number of rotatable bonds is 10. The lowest BCUT2D eigenvalue weighted by molar-refractivity contribution is -0.149. The number of carbonyl (C=O) groups is 4. The first kappa shape index (κ1) is 30.9. The van der Waals surface area contributed by atoms with Gasteiger partial charge in [-0.25, -0.2) is 4.79 Å². The first-order chi connectivity index (χ1) is 16.5. The van der Waals surface area contributed by atoms with Crippen molar-refractivity contribution in [1.29, 1.82) is 0 Å². The largest absolute Gasteiger partial charge is 0.444 e. The molecule has 3 atom stereocenters. The molecule has 0 aliphatic heterocycles. The third-order valence-electron chi connectivity index (χ3n) is 5.36. The summed E-state index contributed by atoms with van der Waals surface area (Å²) in [4.78, 5) is 53.4. The Morgan fingerprint density at radius 3 is 2.00 bits per heavy atom. The lowest BCUT2D eigenvalue weighted by Crippen LogP contribution is -2.59. The van der Waals surface area contributed by atoms with E-state index in [0.29, 0.717) is 5.56 Å². The zero-order valence-corrected chi connectivity index (χ0v) is 23.2. The Balaban J connectivity index is 3.56. The number of hydrogen-bond acceptors (Lipinski definition) is 5. The van der Waals surface area contributed by atoms with Crippen molar-refractivity contribution < 1.29 is 23.9 Å². The van der Waals surface area contributed by atoms with Gasteiger partial charge in [0.25, 0.3) is 0 Å². The number of benzene rings is 1. The van der Waals surface area contributed by atoms with Gasteiger partial charge < -0.3 is 26.0 Å². The molecule has 0 spiro atoms. The van der Waals surface area contributed by atoms with Crippen molar-refractivity contribution in [2.24, 2.45) is 5.73 Å². The molecule has 1 rings (SSSR count). The van der Waals surface area contributed by atoms with Gasteiger partial charge in [0.1, 0.15) is 17.7 Å². The Morgan fingerprint density at radius 2 is 1.56 bits per heavy atom. The van der Waals surface area contributed by atoms with E-state index in [1.807, 2.05) is 32.9 Å². The van der Waals surface area contributed by atoms with Gasteiger partial charge in [0.15, 0.2) is 0 Å². The minimum atomic E-state index is -1.31. The van der Waals surface area contributed by atoms with Crippen LogP contribution in [0, 0.1) is 6.92 Å². The van der Waals surface area contributed by atoms with Crippen LogP contribution in [0.1, 0.15) is 91.8 Å². The van der Waals surface area contributed by atoms with E-state index in [-0.39, 0.29) is 11.9 Å². The number of aryl methyl sites for hydroxylation is 1. The summed E-state index contributed by atoms with van der Waals surface area (Å²) in [5.74, 6) is -1.74. The van der Waals surface area contributed by atoms with Crippen LogP contribution in [0.5, 0.6) is 0 Å². The Labute approximate surface area is 215 Å². The zero-order valence-electron chi connectivity index (χ0n) is 23.2. The molecule has 0 saturated carbocycles. The van der Waals surface area contributed by atoms with Crippen LogP contribution in [0.3, 0.4) is 0 Å². The summed E-state index contributed by atoms with van der Waals surface area (Å²) in [6.45, 7) is 16.3. The highest BCUT2D eigenvalue weighted by molar-refractivity contribution is 5.95. The molecular weight excluding hydrogens is 460 g/mol. The highest BCUT2D eigenvalue weighted by Gasteiger charge is 2.42. The van der Waals surface area contributed by atoms with Crippen molar-refractivity contribution in [2.45, 2.75) is 111 Å². The first-order valence-electron chi connectivity index (χ1n) is 12.4. The number of alkyl carbamates (subject to hydrolysis) is 1. The van der Waals surface area contributed by atoms with E-state index in [0.717, 1.165) is 18.4 Å². The van der Waals surface area contributed by atoms with Crippen molar-refractivity contribution in [3.8, 4) is 0 Å². The molecule has 1 aromatic carbocycles.